The first-order valence-electron chi connectivity index (χ1n) is 3.87. The Morgan fingerprint density at radius 3 is 2.83 bits per heavy atom. The highest BCUT2D eigenvalue weighted by Gasteiger charge is 2.26. The van der Waals surface area contributed by atoms with Crippen LogP contribution >= 0.6 is 0 Å². The van der Waals surface area contributed by atoms with E-state index in [4.69, 9.17) is 0 Å². The highest BCUT2D eigenvalue weighted by molar-refractivity contribution is 5.93. The van der Waals surface area contributed by atoms with E-state index in [-0.39, 0.29) is 5.91 Å². The Labute approximate surface area is 69.1 Å². The Morgan fingerprint density at radius 1 is 1.58 bits per heavy atom. The van der Waals surface area contributed by atoms with Crippen LogP contribution in [-0.2, 0) is 0 Å². The summed E-state index contributed by atoms with van der Waals surface area (Å²) in [5.74, 6) is -0.184. The number of amides is 1. The van der Waals surface area contributed by atoms with Crippen LogP contribution in [0.2, 0.25) is 0 Å². The molecule has 0 radical (unpaired) electrons. The molecule has 0 atom stereocenters. The van der Waals surface area contributed by atoms with Crippen molar-refractivity contribution in [1.82, 2.24) is 15.6 Å². The van der Waals surface area contributed by atoms with Crippen LogP contribution in [0.3, 0.4) is 0 Å². The fraction of sp³-hybridized carbons (Fsp3) is 0.571. The van der Waals surface area contributed by atoms with Crippen LogP contribution in [0.25, 0.3) is 0 Å². The quantitative estimate of drug-likeness (QED) is 0.686. The van der Waals surface area contributed by atoms with E-state index >= 15 is 0 Å². The molecule has 2 rings (SSSR count). The zero-order valence-electron chi connectivity index (χ0n) is 6.70. The maximum absolute atomic E-state index is 11.3. The Morgan fingerprint density at radius 2 is 2.33 bits per heavy atom. The summed E-state index contributed by atoms with van der Waals surface area (Å²) in [7, 11) is 0. The minimum absolute atomic E-state index is 0.184. The van der Waals surface area contributed by atoms with Gasteiger partial charge in [-0.25, -0.2) is 4.63 Å². The number of hydrogen-bond donors (Lipinski definition) is 1. The van der Waals surface area contributed by atoms with E-state index in [1.54, 1.807) is 6.92 Å². The Bertz CT molecular complexity index is 303. The van der Waals surface area contributed by atoms with Crippen molar-refractivity contribution < 1.29 is 9.42 Å². The van der Waals surface area contributed by atoms with Crippen molar-refractivity contribution in [3.63, 3.8) is 0 Å². The fourth-order valence-corrected chi connectivity index (χ4v) is 0.919. The summed E-state index contributed by atoms with van der Waals surface area (Å²) < 4.78 is 4.41. The van der Waals surface area contributed by atoms with Crippen molar-refractivity contribution in [1.29, 1.82) is 0 Å². The van der Waals surface area contributed by atoms with Crippen molar-refractivity contribution in [2.24, 2.45) is 0 Å². The van der Waals surface area contributed by atoms with E-state index in [0.717, 1.165) is 12.8 Å². The highest BCUT2D eigenvalue weighted by Crippen LogP contribution is 2.19. The smallest absolute Gasteiger partial charge is 0.275 e. The van der Waals surface area contributed by atoms with Gasteiger partial charge in [-0.05, 0) is 24.9 Å². The topological polar surface area (TPSA) is 68.0 Å². The van der Waals surface area contributed by atoms with E-state index in [9.17, 15) is 4.79 Å². The van der Waals surface area contributed by atoms with E-state index in [1.165, 1.54) is 0 Å². The van der Waals surface area contributed by atoms with Crippen molar-refractivity contribution in [3.05, 3.63) is 11.4 Å². The standard InChI is InChI=1S/C7H9N3O2/c1-4-6(10-12-9-4)7(11)8-5-2-3-5/h5H,2-3H2,1H3,(H,8,11). The van der Waals surface area contributed by atoms with Crippen molar-refractivity contribution in [2.75, 3.05) is 0 Å². The molecule has 5 heteroatoms. The van der Waals surface area contributed by atoms with Gasteiger partial charge in [0.25, 0.3) is 5.91 Å². The van der Waals surface area contributed by atoms with Crippen LogP contribution in [0.15, 0.2) is 4.63 Å². The molecular weight excluding hydrogens is 158 g/mol. The van der Waals surface area contributed by atoms with Crippen LogP contribution in [0.1, 0.15) is 29.0 Å². The highest BCUT2D eigenvalue weighted by atomic mass is 16.6. The van der Waals surface area contributed by atoms with Crippen LogP contribution in [0.4, 0.5) is 0 Å². The SMILES string of the molecule is Cc1nonc1C(=O)NC1CC1. The first-order valence-corrected chi connectivity index (χ1v) is 3.87. The molecule has 1 aliphatic carbocycles. The maximum atomic E-state index is 11.3. The predicted octanol–water partition coefficient (Wildman–Crippen LogP) is 0.270. The second kappa shape index (κ2) is 2.58. The van der Waals surface area contributed by atoms with Gasteiger partial charge >= 0.3 is 0 Å². The Kier molecular flexibility index (Phi) is 1.56. The number of aryl methyl sites for hydroxylation is 1. The number of rotatable bonds is 2. The molecule has 1 aromatic rings. The number of nitrogens with zero attached hydrogens (tertiary/aromatic N) is 2. The third-order valence-electron chi connectivity index (χ3n) is 1.78. The molecule has 0 unspecified atom stereocenters. The lowest BCUT2D eigenvalue weighted by Gasteiger charge is -1.97. The minimum atomic E-state index is -0.184. The van der Waals surface area contributed by atoms with Crippen molar-refractivity contribution in [2.45, 2.75) is 25.8 Å². The van der Waals surface area contributed by atoms with Gasteiger partial charge in [-0.15, -0.1) is 0 Å². The van der Waals surface area contributed by atoms with Crippen LogP contribution < -0.4 is 5.32 Å². The molecule has 1 heterocycles. The molecule has 0 spiro atoms. The van der Waals surface area contributed by atoms with E-state index in [0.29, 0.717) is 17.4 Å². The van der Waals surface area contributed by atoms with Crippen LogP contribution in [-0.4, -0.2) is 22.3 Å². The lowest BCUT2D eigenvalue weighted by Crippen LogP contribution is -2.26. The fourth-order valence-electron chi connectivity index (χ4n) is 0.919. The second-order valence-electron chi connectivity index (χ2n) is 2.95. The average Bonchev–Trinajstić information content (AvgIpc) is 2.72. The average molecular weight is 167 g/mol. The minimum Gasteiger partial charge on any atom is -0.348 e. The molecule has 0 aliphatic heterocycles. The summed E-state index contributed by atoms with van der Waals surface area (Å²) in [6.45, 7) is 1.69. The molecule has 1 aromatic heterocycles. The lowest BCUT2D eigenvalue weighted by atomic mass is 10.3. The Hall–Kier alpha value is -1.39. The summed E-state index contributed by atoms with van der Waals surface area (Å²) in [5.41, 5.74) is 0.829. The molecule has 5 nitrogen and oxygen atoms in total. The maximum Gasteiger partial charge on any atom is 0.275 e. The first-order chi connectivity index (χ1) is 5.77. The summed E-state index contributed by atoms with van der Waals surface area (Å²) in [6.07, 6.45) is 2.13. The van der Waals surface area contributed by atoms with Crippen LogP contribution in [0.5, 0.6) is 0 Å². The summed E-state index contributed by atoms with van der Waals surface area (Å²) in [4.78, 5) is 11.3. The first kappa shape index (κ1) is 7.27. The second-order valence-corrected chi connectivity index (χ2v) is 2.95. The van der Waals surface area contributed by atoms with Crippen molar-refractivity contribution >= 4 is 5.91 Å². The molecule has 1 aliphatic rings. The van der Waals surface area contributed by atoms with E-state index in [1.807, 2.05) is 0 Å². The van der Waals surface area contributed by atoms with Crippen LogP contribution in [0, 0.1) is 6.92 Å². The molecule has 0 bridgehead atoms. The van der Waals surface area contributed by atoms with Gasteiger partial charge in [0.15, 0.2) is 5.69 Å². The van der Waals surface area contributed by atoms with Gasteiger partial charge in [-0.2, -0.15) is 0 Å². The number of hydrogen-bond acceptors (Lipinski definition) is 4. The summed E-state index contributed by atoms with van der Waals surface area (Å²) in [6, 6.07) is 0.341. The van der Waals surface area contributed by atoms with Gasteiger partial charge in [0.1, 0.15) is 5.69 Å². The van der Waals surface area contributed by atoms with E-state index in [2.05, 4.69) is 20.3 Å². The molecule has 12 heavy (non-hydrogen) atoms. The number of carbonyl (C=O) groups excluding carboxylic acids is 1. The van der Waals surface area contributed by atoms with Crippen molar-refractivity contribution in [3.8, 4) is 0 Å². The van der Waals surface area contributed by atoms with E-state index < -0.39 is 0 Å². The monoisotopic (exact) mass is 167 g/mol. The van der Waals surface area contributed by atoms with Gasteiger partial charge < -0.3 is 5.32 Å². The molecule has 0 aromatic carbocycles. The molecule has 1 N–H and O–H groups in total. The number of nitrogens with one attached hydrogen (secondary N) is 1. The third kappa shape index (κ3) is 1.30. The predicted molar refractivity (Wildman–Crippen MR) is 39.5 cm³/mol. The molecular formula is C7H9N3O2. The van der Waals surface area contributed by atoms with Gasteiger partial charge in [-0.1, -0.05) is 5.16 Å². The Balaban J connectivity index is 2.07. The third-order valence-corrected chi connectivity index (χ3v) is 1.78. The summed E-state index contributed by atoms with van der Waals surface area (Å²) in [5, 5.41) is 9.81. The molecule has 0 saturated heterocycles. The summed E-state index contributed by atoms with van der Waals surface area (Å²) >= 11 is 0. The normalized spacial score (nSPS) is 16.1. The largest absolute Gasteiger partial charge is 0.348 e. The number of aromatic nitrogens is 2. The molecule has 1 fully saturated rings. The van der Waals surface area contributed by atoms with Gasteiger partial charge in [0.2, 0.25) is 0 Å². The number of carbonyl (C=O) groups is 1. The van der Waals surface area contributed by atoms with Gasteiger partial charge in [0.05, 0.1) is 0 Å². The lowest BCUT2D eigenvalue weighted by molar-refractivity contribution is 0.0941. The molecule has 64 valence electrons. The van der Waals surface area contributed by atoms with Gasteiger partial charge in [-0.3, -0.25) is 4.79 Å². The zero-order valence-corrected chi connectivity index (χ0v) is 6.70. The van der Waals surface area contributed by atoms with Gasteiger partial charge in [0, 0.05) is 6.04 Å². The zero-order chi connectivity index (χ0) is 8.55. The molecule has 1 saturated carbocycles. The molecule has 1 amide bonds.